The van der Waals surface area contributed by atoms with Crippen molar-refractivity contribution in [3.05, 3.63) is 12.2 Å². The van der Waals surface area contributed by atoms with Gasteiger partial charge in [-0.05, 0) is 44.4 Å². The fourth-order valence-corrected chi connectivity index (χ4v) is 3.59. The van der Waals surface area contributed by atoms with E-state index in [1.165, 1.54) is 0 Å². The molecule has 1 fully saturated rings. The molecule has 17 heavy (non-hydrogen) atoms. The van der Waals surface area contributed by atoms with Gasteiger partial charge in [0.15, 0.2) is 0 Å². The molecule has 5 atom stereocenters. The van der Waals surface area contributed by atoms with Crippen LogP contribution in [0.4, 0.5) is 0 Å². The number of allylic oxidation sites excluding steroid dienone is 1. The predicted octanol–water partition coefficient (Wildman–Crippen LogP) is 2.45. The maximum Gasteiger partial charge on any atom is 0.312 e. The van der Waals surface area contributed by atoms with Crippen molar-refractivity contribution in [1.82, 2.24) is 0 Å². The molecule has 0 aromatic rings. The highest BCUT2D eigenvalue weighted by Gasteiger charge is 2.57. The lowest BCUT2D eigenvalue weighted by Gasteiger charge is -2.51. The minimum Gasteiger partial charge on any atom is -0.481 e. The molecule has 0 amide bonds. The summed E-state index contributed by atoms with van der Waals surface area (Å²) in [7, 11) is 0. The standard InChI is InChI=1S/C14H22O3/c1-9-4-5-11-10(8-9)6-7-13(2,17)14(11,3)12(15)16/h6-7,9-11,17H,4-5,8H2,1-3H3,(H,15,16). The number of hydrogen-bond donors (Lipinski definition) is 2. The Labute approximate surface area is 103 Å². The molecule has 0 aliphatic heterocycles. The molecule has 0 bridgehead atoms. The number of carbonyl (C=O) groups is 1. The second-order valence-electron chi connectivity index (χ2n) is 6.20. The van der Waals surface area contributed by atoms with E-state index in [4.69, 9.17) is 0 Å². The first kappa shape index (κ1) is 12.6. The highest BCUT2D eigenvalue weighted by Crippen LogP contribution is 2.53. The van der Waals surface area contributed by atoms with Crippen LogP contribution in [0.2, 0.25) is 0 Å². The Bertz CT molecular complexity index is 358. The van der Waals surface area contributed by atoms with Crippen molar-refractivity contribution in [3.8, 4) is 0 Å². The molecule has 2 aliphatic rings. The van der Waals surface area contributed by atoms with E-state index in [2.05, 4.69) is 6.92 Å². The predicted molar refractivity (Wildman–Crippen MR) is 65.5 cm³/mol. The van der Waals surface area contributed by atoms with Gasteiger partial charge in [0.1, 0.15) is 5.41 Å². The topological polar surface area (TPSA) is 57.5 Å². The second-order valence-corrected chi connectivity index (χ2v) is 6.20. The first-order valence-corrected chi connectivity index (χ1v) is 6.44. The van der Waals surface area contributed by atoms with Crippen molar-refractivity contribution in [2.75, 3.05) is 0 Å². The van der Waals surface area contributed by atoms with E-state index in [1.54, 1.807) is 19.9 Å². The Balaban J connectivity index is 2.42. The highest BCUT2D eigenvalue weighted by molar-refractivity contribution is 5.77. The monoisotopic (exact) mass is 238 g/mol. The van der Waals surface area contributed by atoms with Gasteiger partial charge >= 0.3 is 5.97 Å². The zero-order chi connectivity index (χ0) is 12.8. The summed E-state index contributed by atoms with van der Waals surface area (Å²) < 4.78 is 0. The van der Waals surface area contributed by atoms with Gasteiger partial charge in [-0.1, -0.05) is 25.5 Å². The van der Waals surface area contributed by atoms with Crippen LogP contribution in [0.15, 0.2) is 12.2 Å². The van der Waals surface area contributed by atoms with Gasteiger partial charge in [-0.3, -0.25) is 4.79 Å². The van der Waals surface area contributed by atoms with Crippen molar-refractivity contribution in [1.29, 1.82) is 0 Å². The number of aliphatic hydroxyl groups is 1. The van der Waals surface area contributed by atoms with Gasteiger partial charge in [-0.2, -0.15) is 0 Å². The zero-order valence-electron chi connectivity index (χ0n) is 10.8. The number of aliphatic carboxylic acids is 1. The molecule has 0 aromatic heterocycles. The van der Waals surface area contributed by atoms with E-state index < -0.39 is 17.0 Å². The normalized spacial score (nSPS) is 49.8. The van der Waals surface area contributed by atoms with Gasteiger partial charge in [0, 0.05) is 0 Å². The van der Waals surface area contributed by atoms with Crippen LogP contribution in [0, 0.1) is 23.2 Å². The molecule has 5 unspecified atom stereocenters. The van der Waals surface area contributed by atoms with Crippen molar-refractivity contribution < 1.29 is 15.0 Å². The van der Waals surface area contributed by atoms with Crippen LogP contribution < -0.4 is 0 Å². The maximum atomic E-state index is 11.6. The summed E-state index contributed by atoms with van der Waals surface area (Å²) in [6.45, 7) is 5.53. The van der Waals surface area contributed by atoms with Gasteiger partial charge in [0.2, 0.25) is 0 Å². The Morgan fingerprint density at radius 3 is 2.59 bits per heavy atom. The van der Waals surface area contributed by atoms with Crippen molar-refractivity contribution in [2.24, 2.45) is 23.2 Å². The highest BCUT2D eigenvalue weighted by atomic mass is 16.4. The summed E-state index contributed by atoms with van der Waals surface area (Å²) in [6, 6.07) is 0. The summed E-state index contributed by atoms with van der Waals surface area (Å²) in [5, 5.41) is 19.9. The van der Waals surface area contributed by atoms with Crippen LogP contribution in [0.25, 0.3) is 0 Å². The van der Waals surface area contributed by atoms with Crippen molar-refractivity contribution in [2.45, 2.75) is 45.6 Å². The van der Waals surface area contributed by atoms with E-state index in [0.717, 1.165) is 19.3 Å². The maximum absolute atomic E-state index is 11.6. The molecule has 0 radical (unpaired) electrons. The molecule has 96 valence electrons. The first-order valence-electron chi connectivity index (χ1n) is 6.44. The van der Waals surface area contributed by atoms with Gasteiger partial charge in [0.25, 0.3) is 0 Å². The minimum atomic E-state index is -1.25. The van der Waals surface area contributed by atoms with Gasteiger partial charge in [0.05, 0.1) is 5.60 Å². The van der Waals surface area contributed by atoms with Crippen LogP contribution in [0.5, 0.6) is 0 Å². The van der Waals surface area contributed by atoms with E-state index in [1.807, 2.05) is 6.08 Å². The largest absolute Gasteiger partial charge is 0.481 e. The number of hydrogen-bond acceptors (Lipinski definition) is 2. The number of carboxylic acids is 1. The van der Waals surface area contributed by atoms with Crippen LogP contribution in [-0.4, -0.2) is 21.8 Å². The lowest BCUT2D eigenvalue weighted by atomic mass is 9.54. The number of fused-ring (bicyclic) bond motifs is 1. The van der Waals surface area contributed by atoms with Crippen LogP contribution >= 0.6 is 0 Å². The molecule has 0 aromatic carbocycles. The third-order valence-electron chi connectivity index (χ3n) is 5.07. The van der Waals surface area contributed by atoms with Gasteiger partial charge in [-0.25, -0.2) is 0 Å². The lowest BCUT2D eigenvalue weighted by molar-refractivity contribution is -0.173. The molecule has 3 heteroatoms. The van der Waals surface area contributed by atoms with Crippen LogP contribution in [0.3, 0.4) is 0 Å². The average molecular weight is 238 g/mol. The van der Waals surface area contributed by atoms with Crippen molar-refractivity contribution in [3.63, 3.8) is 0 Å². The molecular weight excluding hydrogens is 216 g/mol. The molecule has 2 N–H and O–H groups in total. The average Bonchev–Trinajstić information content (AvgIpc) is 2.23. The fraction of sp³-hybridized carbons (Fsp3) is 0.786. The molecule has 2 aliphatic carbocycles. The lowest BCUT2D eigenvalue weighted by Crippen LogP contribution is -2.57. The summed E-state index contributed by atoms with van der Waals surface area (Å²) in [5.41, 5.74) is -2.31. The quantitative estimate of drug-likeness (QED) is 0.690. The smallest absolute Gasteiger partial charge is 0.312 e. The van der Waals surface area contributed by atoms with Gasteiger partial charge in [-0.15, -0.1) is 0 Å². The second kappa shape index (κ2) is 3.84. The number of carboxylic acid groups (broad SMARTS) is 1. The molecule has 0 heterocycles. The number of rotatable bonds is 1. The van der Waals surface area contributed by atoms with E-state index in [0.29, 0.717) is 11.8 Å². The molecule has 1 saturated carbocycles. The Morgan fingerprint density at radius 1 is 1.35 bits per heavy atom. The molecule has 2 rings (SSSR count). The molecular formula is C14H22O3. The summed E-state index contributed by atoms with van der Waals surface area (Å²) in [5.74, 6) is 0.134. The first-order chi connectivity index (χ1) is 7.79. The van der Waals surface area contributed by atoms with Crippen molar-refractivity contribution >= 4 is 5.97 Å². The Morgan fingerprint density at radius 2 is 2.00 bits per heavy atom. The summed E-state index contributed by atoms with van der Waals surface area (Å²) in [6.07, 6.45) is 6.73. The van der Waals surface area contributed by atoms with E-state index in [9.17, 15) is 15.0 Å². The zero-order valence-corrected chi connectivity index (χ0v) is 10.8. The van der Waals surface area contributed by atoms with E-state index in [-0.39, 0.29) is 5.92 Å². The van der Waals surface area contributed by atoms with Crippen LogP contribution in [0.1, 0.15) is 40.0 Å². The molecule has 3 nitrogen and oxygen atoms in total. The molecule has 0 saturated heterocycles. The Hall–Kier alpha value is -0.830. The SMILES string of the molecule is CC1CCC2C(C=CC(C)(O)C2(C)C(=O)O)C1. The third kappa shape index (κ3) is 1.71. The van der Waals surface area contributed by atoms with E-state index >= 15 is 0 Å². The summed E-state index contributed by atoms with van der Waals surface area (Å²) >= 11 is 0. The minimum absolute atomic E-state index is 0.0520. The third-order valence-corrected chi connectivity index (χ3v) is 5.07. The summed E-state index contributed by atoms with van der Waals surface area (Å²) in [4.78, 5) is 11.6. The van der Waals surface area contributed by atoms with Gasteiger partial charge < -0.3 is 10.2 Å². The fourth-order valence-electron chi connectivity index (χ4n) is 3.59. The Kier molecular flexibility index (Phi) is 2.85. The molecule has 0 spiro atoms. The van der Waals surface area contributed by atoms with Crippen LogP contribution in [-0.2, 0) is 4.79 Å².